The SMILES string of the molecule is O=CO.[AlH3].[LiH]. The molecule has 0 bridgehead atoms. The minimum absolute atomic E-state index is 0. The van der Waals surface area contributed by atoms with Gasteiger partial charge in [0.2, 0.25) is 0 Å². The van der Waals surface area contributed by atoms with E-state index in [9.17, 15) is 0 Å². The predicted molar refractivity (Wildman–Crippen MR) is 25.8 cm³/mol. The van der Waals surface area contributed by atoms with E-state index in [-0.39, 0.29) is 42.7 Å². The molecule has 0 aromatic heterocycles. The van der Waals surface area contributed by atoms with Gasteiger partial charge in [0.25, 0.3) is 6.47 Å². The van der Waals surface area contributed by atoms with E-state index >= 15 is 0 Å². The zero-order valence-electron chi connectivity index (χ0n) is 1.43. The van der Waals surface area contributed by atoms with Crippen LogP contribution < -0.4 is 0 Å². The third-order valence-corrected chi connectivity index (χ3v) is 0. The molecule has 1 N–H and O–H groups in total. The van der Waals surface area contributed by atoms with Crippen molar-refractivity contribution in [2.75, 3.05) is 0 Å². The quantitative estimate of drug-likeness (QED) is 0.269. The fourth-order valence-electron chi connectivity index (χ4n) is 0. The van der Waals surface area contributed by atoms with Crippen LogP contribution in [0.4, 0.5) is 0 Å². The molecule has 2 nitrogen and oxygen atoms in total. The van der Waals surface area contributed by atoms with Gasteiger partial charge in [0.1, 0.15) is 0 Å². The maximum atomic E-state index is 8.36. The molecule has 0 heterocycles. The molecule has 0 atom stereocenters. The number of carboxylic acid groups (broad SMARTS) is 1. The maximum absolute atomic E-state index is 8.36. The summed E-state index contributed by atoms with van der Waals surface area (Å²) >= 11 is 0. The van der Waals surface area contributed by atoms with Gasteiger partial charge < -0.3 is 5.11 Å². The van der Waals surface area contributed by atoms with Crippen LogP contribution in [0.5, 0.6) is 0 Å². The van der Waals surface area contributed by atoms with Crippen molar-refractivity contribution < 1.29 is 9.90 Å². The first kappa shape index (κ1) is 17.5. The van der Waals surface area contributed by atoms with Crippen LogP contribution in [0.25, 0.3) is 0 Å². The first-order valence-corrected chi connectivity index (χ1v) is 0.494. The topological polar surface area (TPSA) is 37.3 Å². The fourth-order valence-corrected chi connectivity index (χ4v) is 0. The Morgan fingerprint density at radius 3 is 1.60 bits per heavy atom. The van der Waals surface area contributed by atoms with Crippen LogP contribution in [-0.4, -0.2) is 47.8 Å². The average Bonchev–Trinajstić information content (AvgIpc) is 0.918. The summed E-state index contributed by atoms with van der Waals surface area (Å²) in [7, 11) is 0. The zero-order valence-corrected chi connectivity index (χ0v) is 1.43. The van der Waals surface area contributed by atoms with E-state index in [0.29, 0.717) is 0 Å². The number of carbonyl (C=O) groups is 1. The van der Waals surface area contributed by atoms with Crippen LogP contribution in [0.2, 0.25) is 0 Å². The molecule has 0 saturated carbocycles. The van der Waals surface area contributed by atoms with Crippen molar-refractivity contribution >= 4 is 42.7 Å². The van der Waals surface area contributed by atoms with Gasteiger partial charge in [-0.1, -0.05) is 0 Å². The Balaban J connectivity index is -0.0000000200. The Morgan fingerprint density at radius 2 is 1.60 bits per heavy atom. The molecule has 26 valence electrons. The van der Waals surface area contributed by atoms with Gasteiger partial charge in [-0.2, -0.15) is 0 Å². The van der Waals surface area contributed by atoms with Gasteiger partial charge in [-0.15, -0.1) is 0 Å². The Morgan fingerprint density at radius 1 is 1.60 bits per heavy atom. The standard InChI is InChI=1S/CH2O2.Al.Li.4H/c2-1-3;;;;;;/h1H,(H,2,3);;;;;;. The second-order valence-electron chi connectivity index (χ2n) is 0.105. The molecule has 0 aliphatic carbocycles. The molecule has 5 heavy (non-hydrogen) atoms. The fraction of sp³-hybridized carbons (Fsp3) is 0. The summed E-state index contributed by atoms with van der Waals surface area (Å²) < 4.78 is 0. The molecule has 0 aliphatic rings. The Kier molecular flexibility index (Phi) is 81.6. The van der Waals surface area contributed by atoms with E-state index in [4.69, 9.17) is 9.90 Å². The molecule has 0 spiro atoms. The molecular weight excluding hydrogens is 77.9 g/mol. The second-order valence-corrected chi connectivity index (χ2v) is 0.105. The summed E-state index contributed by atoms with van der Waals surface area (Å²) in [5.74, 6) is 0. The van der Waals surface area contributed by atoms with Gasteiger partial charge in [0.15, 0.2) is 17.4 Å². The second kappa shape index (κ2) is 23.3. The number of hydrogen-bond acceptors (Lipinski definition) is 1. The summed E-state index contributed by atoms with van der Waals surface area (Å²) in [6.45, 7) is -0.250. The van der Waals surface area contributed by atoms with Crippen LogP contribution in [0.1, 0.15) is 0 Å². The third-order valence-electron chi connectivity index (χ3n) is 0. The first-order valence-electron chi connectivity index (χ1n) is 0.494. The van der Waals surface area contributed by atoms with Crippen LogP contribution in [0.3, 0.4) is 0 Å². The molecule has 4 heteroatoms. The molecule has 0 rings (SSSR count). The molecule has 0 unspecified atom stereocenters. The van der Waals surface area contributed by atoms with Gasteiger partial charge in [-0.25, -0.2) is 0 Å². The van der Waals surface area contributed by atoms with Crippen molar-refractivity contribution in [2.45, 2.75) is 0 Å². The number of hydrogen-bond donors (Lipinski definition) is 1. The first-order chi connectivity index (χ1) is 1.41. The van der Waals surface area contributed by atoms with Crippen molar-refractivity contribution in [1.82, 2.24) is 0 Å². The Bertz CT molecular complexity index is 17.1. The summed E-state index contributed by atoms with van der Waals surface area (Å²) in [4.78, 5) is 8.36. The van der Waals surface area contributed by atoms with Gasteiger partial charge in [0.05, 0.1) is 0 Å². The molecule has 0 radical (unpaired) electrons. The van der Waals surface area contributed by atoms with Crippen molar-refractivity contribution in [3.63, 3.8) is 0 Å². The van der Waals surface area contributed by atoms with Gasteiger partial charge in [-0.3, -0.25) is 4.79 Å². The van der Waals surface area contributed by atoms with Gasteiger partial charge in [-0.05, 0) is 0 Å². The van der Waals surface area contributed by atoms with E-state index in [1.54, 1.807) is 0 Å². The van der Waals surface area contributed by atoms with E-state index < -0.39 is 0 Å². The molecular formula is CH6AlLiO2. The summed E-state index contributed by atoms with van der Waals surface area (Å²) in [5.41, 5.74) is 0. The summed E-state index contributed by atoms with van der Waals surface area (Å²) in [5, 5.41) is 6.89. The Hall–Kier alpha value is 0.600. The van der Waals surface area contributed by atoms with Crippen LogP contribution in [0, 0.1) is 0 Å². The molecule has 0 aliphatic heterocycles. The number of rotatable bonds is 0. The van der Waals surface area contributed by atoms with Gasteiger partial charge in [0, 0.05) is 0 Å². The van der Waals surface area contributed by atoms with Crippen LogP contribution >= 0.6 is 0 Å². The average molecular weight is 84.0 g/mol. The molecule has 0 aromatic carbocycles. The summed E-state index contributed by atoms with van der Waals surface area (Å²) in [6, 6.07) is 0. The minimum atomic E-state index is -0.250. The van der Waals surface area contributed by atoms with Crippen LogP contribution in [-0.2, 0) is 4.79 Å². The molecule has 0 aromatic rings. The monoisotopic (exact) mass is 84.0 g/mol. The normalized spacial score (nSPS) is 2.40. The summed E-state index contributed by atoms with van der Waals surface area (Å²) in [6.07, 6.45) is 0. The van der Waals surface area contributed by atoms with Crippen molar-refractivity contribution in [3.8, 4) is 0 Å². The predicted octanol–water partition coefficient (Wildman–Crippen LogP) is -2.13. The molecule has 0 amide bonds. The molecule has 0 fully saturated rings. The van der Waals surface area contributed by atoms with Crippen LogP contribution in [0.15, 0.2) is 0 Å². The van der Waals surface area contributed by atoms with E-state index in [2.05, 4.69) is 0 Å². The Labute approximate surface area is 52.9 Å². The third kappa shape index (κ3) is 86.4. The zero-order chi connectivity index (χ0) is 2.71. The van der Waals surface area contributed by atoms with Crippen molar-refractivity contribution in [1.29, 1.82) is 0 Å². The van der Waals surface area contributed by atoms with E-state index in [1.165, 1.54) is 0 Å². The molecule has 0 saturated heterocycles. The van der Waals surface area contributed by atoms with E-state index in [0.717, 1.165) is 0 Å². The van der Waals surface area contributed by atoms with Gasteiger partial charge >= 0.3 is 18.9 Å². The van der Waals surface area contributed by atoms with Crippen molar-refractivity contribution in [3.05, 3.63) is 0 Å². The van der Waals surface area contributed by atoms with Crippen molar-refractivity contribution in [2.24, 2.45) is 0 Å². The van der Waals surface area contributed by atoms with E-state index in [1.807, 2.05) is 0 Å².